The highest BCUT2D eigenvalue weighted by Gasteiger charge is 2.28. The van der Waals surface area contributed by atoms with Gasteiger partial charge in [0.1, 0.15) is 0 Å². The first kappa shape index (κ1) is 30.9. The molecule has 2 unspecified atom stereocenters. The van der Waals surface area contributed by atoms with E-state index >= 15 is 0 Å². The van der Waals surface area contributed by atoms with Crippen molar-refractivity contribution in [3.05, 3.63) is 95.1 Å². The predicted molar refractivity (Wildman–Crippen MR) is 170 cm³/mol. The van der Waals surface area contributed by atoms with Gasteiger partial charge in [0.15, 0.2) is 0 Å². The Bertz CT molecular complexity index is 1270. The lowest BCUT2D eigenvalue weighted by Crippen LogP contribution is -2.48. The molecule has 0 saturated carbocycles. The number of rotatable bonds is 13. The average molecular weight is 581 g/mol. The van der Waals surface area contributed by atoms with Crippen molar-refractivity contribution in [3.8, 4) is 0 Å². The van der Waals surface area contributed by atoms with Crippen LogP contribution in [-0.2, 0) is 19.4 Å². The first-order valence-electron chi connectivity index (χ1n) is 14.5. The predicted octanol–water partition coefficient (Wildman–Crippen LogP) is 5.44. The highest BCUT2D eigenvalue weighted by Crippen LogP contribution is 2.50. The van der Waals surface area contributed by atoms with E-state index in [9.17, 15) is 19.0 Å². The minimum absolute atomic E-state index is 0.311. The second-order valence-corrected chi connectivity index (χ2v) is 12.7. The Hall–Kier alpha value is -3.08. The van der Waals surface area contributed by atoms with Gasteiger partial charge in [0, 0.05) is 37.4 Å². The molecule has 1 aliphatic rings. The summed E-state index contributed by atoms with van der Waals surface area (Å²) in [6, 6.07) is 23.0. The van der Waals surface area contributed by atoms with Crippen LogP contribution < -0.4 is 20.3 Å². The van der Waals surface area contributed by atoms with Gasteiger partial charge in [-0.05, 0) is 67.5 Å². The quantitative estimate of drug-likeness (QED) is 0.159. The lowest BCUT2D eigenvalue weighted by molar-refractivity contribution is 0.0830. The Labute approximate surface area is 245 Å². The standard InChI is InChI=1S/C32H44N4O4S/c1-3-24-13-10-14-26(17-24)22-33-23-31(37)30(18-25-11-6-5-7-12-25)35-32(38)27-19-28(34-4-2)21-29(20-27)36-15-8-9-16-41(36,39)40/h5-7,10-14,17,19-21,30-31,33-34,37,39-40H,3-4,8-9,15-16,18,22-23H2,1-2H3,(H,35,38). The van der Waals surface area contributed by atoms with E-state index in [1.807, 2.05) is 49.4 Å². The minimum atomic E-state index is -2.94. The number of carbonyl (C=O) groups excluding carboxylic acids is 1. The van der Waals surface area contributed by atoms with Crippen molar-refractivity contribution in [2.45, 2.75) is 58.2 Å². The smallest absolute Gasteiger partial charge is 0.251 e. The molecule has 41 heavy (non-hydrogen) atoms. The molecule has 0 bridgehead atoms. The van der Waals surface area contributed by atoms with Crippen LogP contribution in [0.25, 0.3) is 0 Å². The van der Waals surface area contributed by atoms with Gasteiger partial charge in [-0.25, -0.2) is 0 Å². The third-order valence-corrected chi connectivity index (χ3v) is 9.33. The van der Waals surface area contributed by atoms with Gasteiger partial charge < -0.3 is 21.1 Å². The molecule has 3 aromatic rings. The number of hydrogen-bond donors (Lipinski definition) is 6. The maximum atomic E-state index is 13.7. The van der Waals surface area contributed by atoms with Crippen molar-refractivity contribution in [2.24, 2.45) is 0 Å². The van der Waals surface area contributed by atoms with Gasteiger partial charge >= 0.3 is 0 Å². The molecule has 1 saturated heterocycles. The van der Waals surface area contributed by atoms with E-state index < -0.39 is 22.9 Å². The van der Waals surface area contributed by atoms with Crippen molar-refractivity contribution in [3.63, 3.8) is 0 Å². The van der Waals surface area contributed by atoms with Gasteiger partial charge in [0.05, 0.1) is 23.6 Å². The van der Waals surface area contributed by atoms with Crippen LogP contribution in [-0.4, -0.2) is 57.7 Å². The van der Waals surface area contributed by atoms with Crippen molar-refractivity contribution >= 4 is 28.1 Å². The second kappa shape index (κ2) is 14.7. The summed E-state index contributed by atoms with van der Waals surface area (Å²) in [5.74, 6) is -0.00348. The summed E-state index contributed by atoms with van der Waals surface area (Å²) in [5.41, 5.74) is 5.16. The summed E-state index contributed by atoms with van der Waals surface area (Å²) in [4.78, 5) is 13.7. The molecule has 0 spiro atoms. The number of aryl methyl sites for hydroxylation is 1. The van der Waals surface area contributed by atoms with E-state index in [1.54, 1.807) is 16.4 Å². The SMILES string of the molecule is CCNc1cc(C(=O)NC(Cc2ccccc2)C(O)CNCc2cccc(CC)c2)cc(N2CCCCS2(O)O)c1. The second-order valence-electron chi connectivity index (χ2n) is 10.6. The Morgan fingerprint density at radius 3 is 2.44 bits per heavy atom. The Kier molecular flexibility index (Phi) is 11.1. The molecule has 222 valence electrons. The molecule has 0 aliphatic carbocycles. The molecule has 9 heteroatoms. The molecule has 1 heterocycles. The maximum Gasteiger partial charge on any atom is 0.251 e. The molecular weight excluding hydrogens is 536 g/mol. The number of carbonyl (C=O) groups is 1. The van der Waals surface area contributed by atoms with E-state index in [2.05, 4.69) is 41.1 Å². The zero-order chi connectivity index (χ0) is 29.2. The van der Waals surface area contributed by atoms with Crippen molar-refractivity contribution < 1.29 is 19.0 Å². The van der Waals surface area contributed by atoms with Gasteiger partial charge in [-0.2, -0.15) is 0 Å². The first-order chi connectivity index (χ1) is 19.8. The molecule has 4 rings (SSSR count). The fourth-order valence-electron chi connectivity index (χ4n) is 5.17. The van der Waals surface area contributed by atoms with E-state index in [0.29, 0.717) is 49.6 Å². The molecule has 1 aliphatic heterocycles. The van der Waals surface area contributed by atoms with Gasteiger partial charge in [-0.15, -0.1) is 10.8 Å². The van der Waals surface area contributed by atoms with Gasteiger partial charge in [-0.3, -0.25) is 18.2 Å². The molecule has 1 amide bonds. The Morgan fingerprint density at radius 1 is 0.951 bits per heavy atom. The number of nitrogens with one attached hydrogen (secondary N) is 3. The number of nitrogens with zero attached hydrogens (tertiary/aromatic N) is 1. The van der Waals surface area contributed by atoms with Crippen LogP contribution in [0.5, 0.6) is 0 Å². The van der Waals surface area contributed by atoms with E-state index in [0.717, 1.165) is 36.1 Å². The maximum absolute atomic E-state index is 13.7. The molecular formula is C32H44N4O4S. The zero-order valence-electron chi connectivity index (χ0n) is 24.1. The highest BCUT2D eigenvalue weighted by molar-refractivity contribution is 8.25. The van der Waals surface area contributed by atoms with Crippen LogP contribution in [0.15, 0.2) is 72.8 Å². The van der Waals surface area contributed by atoms with Crippen molar-refractivity contribution in [1.82, 2.24) is 10.6 Å². The Balaban J connectivity index is 1.52. The minimum Gasteiger partial charge on any atom is -0.390 e. The van der Waals surface area contributed by atoms with Crippen LogP contribution in [0.2, 0.25) is 0 Å². The fraction of sp³-hybridized carbons (Fsp3) is 0.406. The summed E-state index contributed by atoms with van der Waals surface area (Å²) < 4.78 is 23.1. The largest absolute Gasteiger partial charge is 0.390 e. The van der Waals surface area contributed by atoms with Gasteiger partial charge in [0.2, 0.25) is 0 Å². The molecule has 3 aromatic carbocycles. The number of benzene rings is 3. The van der Waals surface area contributed by atoms with E-state index in [1.165, 1.54) is 5.56 Å². The molecule has 8 nitrogen and oxygen atoms in total. The van der Waals surface area contributed by atoms with Gasteiger partial charge in [0.25, 0.3) is 5.91 Å². The molecule has 0 radical (unpaired) electrons. The lowest BCUT2D eigenvalue weighted by Gasteiger charge is -2.47. The van der Waals surface area contributed by atoms with Crippen LogP contribution in [0.3, 0.4) is 0 Å². The monoisotopic (exact) mass is 580 g/mol. The van der Waals surface area contributed by atoms with Crippen LogP contribution in [0.4, 0.5) is 11.4 Å². The normalized spacial score (nSPS) is 17.0. The highest BCUT2D eigenvalue weighted by atomic mass is 32.3. The summed E-state index contributed by atoms with van der Waals surface area (Å²) in [6.07, 6.45) is 2.21. The van der Waals surface area contributed by atoms with Crippen molar-refractivity contribution in [1.29, 1.82) is 0 Å². The third-order valence-electron chi connectivity index (χ3n) is 7.39. The molecule has 2 atom stereocenters. The van der Waals surface area contributed by atoms with Crippen LogP contribution in [0, 0.1) is 0 Å². The Morgan fingerprint density at radius 2 is 1.71 bits per heavy atom. The number of aliphatic hydroxyl groups is 1. The number of amides is 1. The average Bonchev–Trinajstić information content (AvgIpc) is 2.97. The zero-order valence-corrected chi connectivity index (χ0v) is 24.9. The lowest BCUT2D eigenvalue weighted by atomic mass is 10.00. The summed E-state index contributed by atoms with van der Waals surface area (Å²) in [6.45, 7) is 6.20. The third kappa shape index (κ3) is 8.70. The summed E-state index contributed by atoms with van der Waals surface area (Å²) in [5, 5.41) is 20.9. The number of hydrogen-bond acceptors (Lipinski definition) is 7. The molecule has 1 fully saturated rings. The van der Waals surface area contributed by atoms with E-state index in [-0.39, 0.29) is 5.91 Å². The van der Waals surface area contributed by atoms with Crippen LogP contribution in [0.1, 0.15) is 53.7 Å². The summed E-state index contributed by atoms with van der Waals surface area (Å²) in [7, 11) is -2.94. The van der Waals surface area contributed by atoms with Crippen LogP contribution >= 0.6 is 10.8 Å². The fourth-order valence-corrected chi connectivity index (χ4v) is 6.84. The van der Waals surface area contributed by atoms with E-state index in [4.69, 9.17) is 0 Å². The van der Waals surface area contributed by atoms with Crippen molar-refractivity contribution in [2.75, 3.05) is 35.0 Å². The van der Waals surface area contributed by atoms with Gasteiger partial charge in [-0.1, -0.05) is 61.5 Å². The first-order valence-corrected chi connectivity index (χ1v) is 16.2. The topological polar surface area (TPSA) is 117 Å². The molecule has 0 aromatic heterocycles. The summed E-state index contributed by atoms with van der Waals surface area (Å²) >= 11 is 0. The molecule has 6 N–H and O–H groups in total. The number of anilines is 2. The number of aliphatic hydroxyl groups excluding tert-OH is 1.